The molecule has 2 aliphatic heterocycles. The van der Waals surface area contributed by atoms with E-state index in [1.165, 1.54) is 21.8 Å². The molecule has 6 rings (SSSR count). The minimum Gasteiger partial charge on any atom is -0.392 e. The predicted molar refractivity (Wildman–Crippen MR) is 147 cm³/mol. The molecule has 45 heavy (non-hydrogen) atoms. The highest BCUT2D eigenvalue weighted by atomic mass is 31.1. The number of hydrogen-bond acceptors (Lipinski definition) is 15. The monoisotopic (exact) mass is 649 g/mol. The summed E-state index contributed by atoms with van der Waals surface area (Å²) in [5.41, 5.74) is 8.61. The van der Waals surface area contributed by atoms with Gasteiger partial charge in [0.25, 0.3) is 0 Å². The second-order valence-corrected chi connectivity index (χ2v) is 10.5. The van der Waals surface area contributed by atoms with Gasteiger partial charge in [-0.2, -0.15) is 28.7 Å². The molecule has 0 aromatic carbocycles. The molecule has 0 aliphatic carbocycles. The van der Waals surface area contributed by atoms with E-state index in [4.69, 9.17) is 38.7 Å². The van der Waals surface area contributed by atoms with Gasteiger partial charge in [-0.3, -0.25) is 9.13 Å². The normalized spacial score (nSPS) is 28.0. The Hall–Kier alpha value is -4.50. The highest BCUT2D eigenvalue weighted by Crippen LogP contribution is 2.40. The third kappa shape index (κ3) is 5.73. The molecule has 1 unspecified atom stereocenters. The maximum atomic E-state index is 13.4. The van der Waals surface area contributed by atoms with Crippen LogP contribution in [0, 0.1) is 36.8 Å². The van der Waals surface area contributed by atoms with Crippen LogP contribution in [0.15, 0.2) is 12.7 Å². The van der Waals surface area contributed by atoms with Crippen molar-refractivity contribution in [1.82, 2.24) is 39.0 Å². The SMILES string of the molecule is C#C[C@]1(CO)O[C@@H](n2cnc3c(N)nc(F)nc32)C[C@H]1O.C#C[C@]1(CO[P+](=O)O)O[C@@H](n2cnc3c(N)nc(F)nc32)C[C@H]1O. The maximum absolute atomic E-state index is 13.4. The number of imidazole rings is 2. The average molecular weight is 649 g/mol. The molecular weight excluding hydrogens is 625 g/mol. The van der Waals surface area contributed by atoms with E-state index in [1.807, 2.05) is 0 Å². The molecule has 2 fully saturated rings. The number of hydrogen-bond donors (Lipinski definition) is 6. The van der Waals surface area contributed by atoms with Gasteiger partial charge in [-0.05, 0) is 0 Å². The lowest BCUT2D eigenvalue weighted by atomic mass is 9.99. The lowest BCUT2D eigenvalue weighted by Gasteiger charge is -2.23. The third-order valence-electron chi connectivity index (χ3n) is 7.19. The van der Waals surface area contributed by atoms with E-state index >= 15 is 0 Å². The molecule has 6 heterocycles. The van der Waals surface area contributed by atoms with E-state index in [9.17, 15) is 28.7 Å². The number of halogens is 2. The number of rotatable bonds is 6. The van der Waals surface area contributed by atoms with Crippen LogP contribution in [0.5, 0.6) is 0 Å². The molecule has 2 saturated heterocycles. The molecule has 2 aliphatic rings. The molecule has 0 spiro atoms. The summed E-state index contributed by atoms with van der Waals surface area (Å²) in [6, 6.07) is 0. The first-order valence-corrected chi connectivity index (χ1v) is 13.9. The number of nitrogen functional groups attached to an aromatic ring is 2. The number of fused-ring (bicyclic) bond motifs is 2. The van der Waals surface area contributed by atoms with Gasteiger partial charge in [-0.25, -0.2) is 9.97 Å². The van der Waals surface area contributed by atoms with Crippen molar-refractivity contribution >= 4 is 42.2 Å². The van der Waals surface area contributed by atoms with Crippen molar-refractivity contribution in [2.45, 2.75) is 48.7 Å². The van der Waals surface area contributed by atoms with Crippen LogP contribution in [0.25, 0.3) is 22.3 Å². The number of nitrogens with zero attached hydrogens (tertiary/aromatic N) is 8. The molecule has 4 aromatic rings. The highest BCUT2D eigenvalue weighted by molar-refractivity contribution is 7.32. The Morgan fingerprint density at radius 1 is 0.933 bits per heavy atom. The summed E-state index contributed by atoms with van der Waals surface area (Å²) in [7, 11) is -2.91. The fraction of sp³-hybridized carbons (Fsp3) is 0.417. The second kappa shape index (κ2) is 12.1. The Kier molecular flexibility index (Phi) is 8.60. The number of aliphatic hydroxyl groups excluding tert-OH is 3. The summed E-state index contributed by atoms with van der Waals surface area (Å²) >= 11 is 0. The minimum absolute atomic E-state index is 0.00670. The van der Waals surface area contributed by atoms with Gasteiger partial charge in [-0.1, -0.05) is 11.8 Å². The molecule has 0 bridgehead atoms. The van der Waals surface area contributed by atoms with Crippen LogP contribution in [-0.2, 0) is 18.6 Å². The van der Waals surface area contributed by atoms with Crippen LogP contribution >= 0.6 is 8.25 Å². The zero-order valence-corrected chi connectivity index (χ0v) is 23.7. The molecule has 4 aromatic heterocycles. The lowest BCUT2D eigenvalue weighted by molar-refractivity contribution is -0.0891. The molecule has 0 saturated carbocycles. The lowest BCUT2D eigenvalue weighted by Crippen LogP contribution is -2.42. The van der Waals surface area contributed by atoms with Crippen LogP contribution in [0.1, 0.15) is 25.3 Å². The number of anilines is 2. The average Bonchev–Trinajstić information content (AvgIpc) is 3.76. The summed E-state index contributed by atoms with van der Waals surface area (Å²) < 4.78 is 55.9. The van der Waals surface area contributed by atoms with Gasteiger partial charge >= 0.3 is 20.4 Å². The Bertz CT molecular complexity index is 1860. The van der Waals surface area contributed by atoms with Crippen LogP contribution in [0.3, 0.4) is 0 Å². The summed E-state index contributed by atoms with van der Waals surface area (Å²) in [5.74, 6) is 4.26. The van der Waals surface area contributed by atoms with E-state index in [0.717, 1.165) is 0 Å². The fourth-order valence-electron chi connectivity index (χ4n) is 4.86. The zero-order chi connectivity index (χ0) is 32.7. The summed E-state index contributed by atoms with van der Waals surface area (Å²) in [6.45, 7) is -1.04. The quantitative estimate of drug-likeness (QED) is 0.0836. The van der Waals surface area contributed by atoms with Crippen molar-refractivity contribution < 1.29 is 47.6 Å². The van der Waals surface area contributed by atoms with E-state index in [0.29, 0.717) is 0 Å². The largest absolute Gasteiger partial charge is 0.694 e. The first-order valence-electron chi connectivity index (χ1n) is 12.7. The predicted octanol–water partition coefficient (Wildman–Crippen LogP) is -0.943. The van der Waals surface area contributed by atoms with E-state index in [1.54, 1.807) is 0 Å². The van der Waals surface area contributed by atoms with Gasteiger partial charge in [0.2, 0.25) is 0 Å². The molecular formula is C24H24F2N10O8P+. The van der Waals surface area contributed by atoms with Crippen molar-refractivity contribution in [2.75, 3.05) is 24.7 Å². The number of terminal acetylenes is 2. The Morgan fingerprint density at radius 2 is 1.38 bits per heavy atom. The van der Waals surface area contributed by atoms with Gasteiger partial charge in [0.15, 0.2) is 45.2 Å². The van der Waals surface area contributed by atoms with Crippen molar-refractivity contribution in [3.05, 3.63) is 24.8 Å². The second-order valence-electron chi connectivity index (χ2n) is 9.79. The molecule has 236 valence electrons. The summed E-state index contributed by atoms with van der Waals surface area (Å²) in [6.07, 6.45) is 7.57. The smallest absolute Gasteiger partial charge is 0.392 e. The first kappa shape index (κ1) is 31.9. The topological polar surface area (TPSA) is 265 Å². The van der Waals surface area contributed by atoms with Crippen LogP contribution in [0.2, 0.25) is 0 Å². The zero-order valence-electron chi connectivity index (χ0n) is 22.8. The third-order valence-corrected chi connectivity index (χ3v) is 7.54. The van der Waals surface area contributed by atoms with Gasteiger partial charge in [0.05, 0.1) is 19.3 Å². The molecule has 0 amide bonds. The van der Waals surface area contributed by atoms with Crippen molar-refractivity contribution in [1.29, 1.82) is 0 Å². The molecule has 7 atom stereocenters. The number of ether oxygens (including phenoxy) is 2. The summed E-state index contributed by atoms with van der Waals surface area (Å²) in [4.78, 5) is 30.8. The van der Waals surface area contributed by atoms with Crippen LogP contribution < -0.4 is 11.5 Å². The van der Waals surface area contributed by atoms with Gasteiger partial charge in [0.1, 0.15) is 31.3 Å². The van der Waals surface area contributed by atoms with Gasteiger partial charge in [-0.15, -0.1) is 22.3 Å². The van der Waals surface area contributed by atoms with E-state index in [2.05, 4.69) is 46.3 Å². The first-order chi connectivity index (χ1) is 21.4. The summed E-state index contributed by atoms with van der Waals surface area (Å²) in [5, 5.41) is 29.6. The minimum atomic E-state index is -2.91. The van der Waals surface area contributed by atoms with Crippen LogP contribution in [0.4, 0.5) is 20.4 Å². The molecule has 8 N–H and O–H groups in total. The van der Waals surface area contributed by atoms with Gasteiger partial charge < -0.3 is 36.3 Å². The molecule has 21 heteroatoms. The van der Waals surface area contributed by atoms with E-state index in [-0.39, 0.29) is 46.8 Å². The molecule has 0 radical (unpaired) electrons. The number of nitrogens with two attached hydrogens (primary N) is 2. The Labute approximate surface area is 252 Å². The van der Waals surface area contributed by atoms with Crippen molar-refractivity contribution in [3.63, 3.8) is 0 Å². The van der Waals surface area contributed by atoms with E-state index < -0.39 is 69.5 Å². The molecule has 18 nitrogen and oxygen atoms in total. The highest BCUT2D eigenvalue weighted by Gasteiger charge is 2.50. The number of aliphatic hydroxyl groups is 3. The number of aromatic nitrogens is 8. The Balaban J connectivity index is 0.000000179. The van der Waals surface area contributed by atoms with Gasteiger partial charge in [0, 0.05) is 17.4 Å². The van der Waals surface area contributed by atoms with Crippen LogP contribution in [-0.4, -0.2) is 95.9 Å². The standard InChI is InChI=1S/C12H11FN5O5P.C12H12FN5O3/c1-2-12(4-22-24(20)21)6(19)3-7(23-12)18-5-15-8-9(14)16-11(13)17-10(8)18;1-2-12(4-19)6(20)3-7(21-12)18-5-15-8-9(14)16-11(13)17-10(8)18/h1,5-7,19H,3-4H2,(H2-,14,16,17,20,21);1,5-7,19-20H,3-4H2,(H2,14,16,17)/p+1/t2*6-,7-,12-/m11/s1. The fourth-order valence-corrected chi connectivity index (χ4v) is 5.16. The van der Waals surface area contributed by atoms with Crippen molar-refractivity contribution in [2.24, 2.45) is 0 Å². The maximum Gasteiger partial charge on any atom is 0.694 e. The van der Waals surface area contributed by atoms with Crippen molar-refractivity contribution in [3.8, 4) is 24.7 Å². The Morgan fingerprint density at radius 3 is 1.78 bits per heavy atom.